The number of aryl methyl sites for hydroxylation is 3. The van der Waals surface area contributed by atoms with Gasteiger partial charge in [0.25, 0.3) is 11.8 Å². The molecular weight excluding hydrogens is 490 g/mol. The SMILES string of the molecule is CCOc1ccc(N2C(=O)C(Cl)=C(Nc3ccc(CC(=O)Nc4c(C)cc(C)cc4C)cc3)C2=O)cc1. The van der Waals surface area contributed by atoms with Crippen LogP contribution < -0.4 is 20.3 Å². The highest BCUT2D eigenvalue weighted by molar-refractivity contribution is 6.53. The zero-order chi connectivity index (χ0) is 26.7. The molecule has 8 heteroatoms. The molecule has 0 spiro atoms. The van der Waals surface area contributed by atoms with Crippen LogP contribution in [0.3, 0.4) is 0 Å². The van der Waals surface area contributed by atoms with Crippen molar-refractivity contribution < 1.29 is 19.1 Å². The quantitative estimate of drug-likeness (QED) is 0.378. The highest BCUT2D eigenvalue weighted by Crippen LogP contribution is 2.31. The van der Waals surface area contributed by atoms with Crippen molar-refractivity contribution in [3.8, 4) is 5.75 Å². The normalized spacial score (nSPS) is 13.3. The Morgan fingerprint density at radius 1 is 0.919 bits per heavy atom. The van der Waals surface area contributed by atoms with E-state index in [9.17, 15) is 14.4 Å². The summed E-state index contributed by atoms with van der Waals surface area (Å²) in [6, 6.07) is 17.8. The standard InChI is InChI=1S/C29H28ClN3O4/c1-5-37-23-12-10-22(11-13-23)33-28(35)25(30)27(29(33)36)31-21-8-6-20(7-9-21)16-24(34)32-26-18(3)14-17(2)15-19(26)4/h6-15,31H,5,16H2,1-4H3,(H,32,34). The van der Waals surface area contributed by atoms with E-state index in [1.165, 1.54) is 0 Å². The van der Waals surface area contributed by atoms with E-state index in [0.717, 1.165) is 32.8 Å². The van der Waals surface area contributed by atoms with Gasteiger partial charge in [0.15, 0.2) is 0 Å². The fourth-order valence-electron chi connectivity index (χ4n) is 4.30. The molecule has 0 saturated carbocycles. The minimum absolute atomic E-state index is 0.00336. The molecule has 190 valence electrons. The maximum Gasteiger partial charge on any atom is 0.283 e. The van der Waals surface area contributed by atoms with E-state index in [-0.39, 0.29) is 23.1 Å². The second kappa shape index (κ2) is 10.9. The lowest BCUT2D eigenvalue weighted by Gasteiger charge is -2.16. The molecule has 4 rings (SSSR count). The van der Waals surface area contributed by atoms with E-state index < -0.39 is 11.8 Å². The lowest BCUT2D eigenvalue weighted by molar-refractivity contribution is -0.120. The number of anilines is 3. The lowest BCUT2D eigenvalue weighted by atomic mass is 10.0. The molecule has 3 aromatic carbocycles. The first-order chi connectivity index (χ1) is 17.7. The van der Waals surface area contributed by atoms with E-state index in [1.54, 1.807) is 48.5 Å². The fraction of sp³-hybridized carbons (Fsp3) is 0.207. The van der Waals surface area contributed by atoms with E-state index in [1.807, 2.05) is 39.8 Å². The van der Waals surface area contributed by atoms with Gasteiger partial charge in [-0.15, -0.1) is 0 Å². The Bertz CT molecular complexity index is 1370. The average molecular weight is 518 g/mol. The molecule has 1 heterocycles. The third-order valence-corrected chi connectivity index (χ3v) is 6.31. The third-order valence-electron chi connectivity index (χ3n) is 5.96. The summed E-state index contributed by atoms with van der Waals surface area (Å²) in [6.07, 6.45) is 0.194. The molecule has 1 aliphatic rings. The van der Waals surface area contributed by atoms with Gasteiger partial charge in [0.2, 0.25) is 5.91 Å². The maximum absolute atomic E-state index is 13.0. The van der Waals surface area contributed by atoms with Crippen molar-refractivity contribution in [1.82, 2.24) is 0 Å². The Labute approximate surface area is 221 Å². The molecule has 0 radical (unpaired) electrons. The van der Waals surface area contributed by atoms with Gasteiger partial charge in [-0.25, -0.2) is 4.90 Å². The van der Waals surface area contributed by atoms with Gasteiger partial charge in [0.1, 0.15) is 16.5 Å². The van der Waals surface area contributed by atoms with Crippen LogP contribution in [0.25, 0.3) is 0 Å². The number of hydrogen-bond acceptors (Lipinski definition) is 5. The van der Waals surface area contributed by atoms with Gasteiger partial charge in [-0.1, -0.05) is 41.4 Å². The van der Waals surface area contributed by atoms with Gasteiger partial charge in [-0.05, 0) is 80.8 Å². The summed E-state index contributed by atoms with van der Waals surface area (Å²) < 4.78 is 5.41. The van der Waals surface area contributed by atoms with Crippen molar-refractivity contribution in [2.75, 3.05) is 22.1 Å². The van der Waals surface area contributed by atoms with E-state index >= 15 is 0 Å². The zero-order valence-corrected chi connectivity index (χ0v) is 21.9. The number of nitrogens with zero attached hydrogens (tertiary/aromatic N) is 1. The Morgan fingerprint density at radius 2 is 1.54 bits per heavy atom. The second-order valence-corrected chi connectivity index (χ2v) is 9.26. The minimum Gasteiger partial charge on any atom is -0.494 e. The van der Waals surface area contributed by atoms with Crippen LogP contribution in [0, 0.1) is 20.8 Å². The molecule has 7 nitrogen and oxygen atoms in total. The smallest absolute Gasteiger partial charge is 0.283 e. The molecule has 0 bridgehead atoms. The lowest BCUT2D eigenvalue weighted by Crippen LogP contribution is -2.32. The summed E-state index contributed by atoms with van der Waals surface area (Å²) in [5.74, 6) is -0.635. The number of carbonyl (C=O) groups is 3. The first-order valence-corrected chi connectivity index (χ1v) is 12.3. The summed E-state index contributed by atoms with van der Waals surface area (Å²) >= 11 is 6.24. The number of benzene rings is 3. The van der Waals surface area contributed by atoms with Gasteiger partial charge in [-0.3, -0.25) is 14.4 Å². The van der Waals surface area contributed by atoms with Crippen LogP contribution in [0.4, 0.5) is 17.1 Å². The Morgan fingerprint density at radius 3 is 2.14 bits per heavy atom. The van der Waals surface area contributed by atoms with Crippen LogP contribution in [0.15, 0.2) is 71.4 Å². The molecule has 0 atom stereocenters. The highest BCUT2D eigenvalue weighted by atomic mass is 35.5. The van der Waals surface area contributed by atoms with Crippen molar-refractivity contribution in [2.45, 2.75) is 34.1 Å². The average Bonchev–Trinajstić information content (AvgIpc) is 3.06. The molecule has 0 aromatic heterocycles. The topological polar surface area (TPSA) is 87.7 Å². The van der Waals surface area contributed by atoms with Crippen LogP contribution in [0.1, 0.15) is 29.2 Å². The number of hydrogen-bond donors (Lipinski definition) is 2. The molecule has 0 fully saturated rings. The minimum atomic E-state index is -0.603. The van der Waals surface area contributed by atoms with Gasteiger partial charge in [0.05, 0.1) is 18.7 Å². The first-order valence-electron chi connectivity index (χ1n) is 11.9. The number of ether oxygens (including phenoxy) is 1. The van der Waals surface area contributed by atoms with Crippen LogP contribution in [0.5, 0.6) is 5.75 Å². The summed E-state index contributed by atoms with van der Waals surface area (Å²) in [6.45, 7) is 8.36. The van der Waals surface area contributed by atoms with Gasteiger partial charge < -0.3 is 15.4 Å². The number of nitrogens with one attached hydrogen (secondary N) is 2. The fourth-order valence-corrected chi connectivity index (χ4v) is 4.51. The molecule has 2 N–H and O–H groups in total. The van der Waals surface area contributed by atoms with E-state index in [0.29, 0.717) is 23.7 Å². The van der Waals surface area contributed by atoms with Crippen LogP contribution in [-0.4, -0.2) is 24.3 Å². The molecular formula is C29H28ClN3O4. The predicted molar refractivity (Wildman–Crippen MR) is 146 cm³/mol. The molecule has 37 heavy (non-hydrogen) atoms. The van der Waals surface area contributed by atoms with Crippen molar-refractivity contribution >= 4 is 46.4 Å². The van der Waals surface area contributed by atoms with E-state index in [2.05, 4.69) is 10.6 Å². The molecule has 0 saturated heterocycles. The van der Waals surface area contributed by atoms with Crippen molar-refractivity contribution in [1.29, 1.82) is 0 Å². The number of imide groups is 1. The van der Waals surface area contributed by atoms with Gasteiger partial charge in [0, 0.05) is 11.4 Å². The Hall–Kier alpha value is -4.10. The number of halogens is 1. The molecule has 0 unspecified atom stereocenters. The van der Waals surface area contributed by atoms with Crippen LogP contribution >= 0.6 is 11.6 Å². The first kappa shape index (κ1) is 26.0. The summed E-state index contributed by atoms with van der Waals surface area (Å²) in [5, 5.41) is 5.76. The van der Waals surface area contributed by atoms with Gasteiger partial charge in [-0.2, -0.15) is 0 Å². The van der Waals surface area contributed by atoms with Crippen LogP contribution in [0.2, 0.25) is 0 Å². The Kier molecular flexibility index (Phi) is 7.64. The van der Waals surface area contributed by atoms with Crippen molar-refractivity contribution in [3.63, 3.8) is 0 Å². The summed E-state index contributed by atoms with van der Waals surface area (Å²) in [7, 11) is 0. The maximum atomic E-state index is 13.0. The Balaban J connectivity index is 1.41. The summed E-state index contributed by atoms with van der Waals surface area (Å²) in [5.41, 5.74) is 5.78. The molecule has 0 aliphatic carbocycles. The van der Waals surface area contributed by atoms with Crippen LogP contribution in [-0.2, 0) is 20.8 Å². The van der Waals surface area contributed by atoms with Crippen molar-refractivity contribution in [2.24, 2.45) is 0 Å². The number of carbonyl (C=O) groups excluding carboxylic acids is 3. The second-order valence-electron chi connectivity index (χ2n) is 8.88. The monoisotopic (exact) mass is 517 g/mol. The molecule has 3 aromatic rings. The molecule has 1 aliphatic heterocycles. The number of rotatable bonds is 8. The highest BCUT2D eigenvalue weighted by Gasteiger charge is 2.39. The summed E-state index contributed by atoms with van der Waals surface area (Å²) in [4.78, 5) is 39.4. The number of amides is 3. The van der Waals surface area contributed by atoms with Crippen molar-refractivity contribution in [3.05, 3.63) is 93.6 Å². The zero-order valence-electron chi connectivity index (χ0n) is 21.1. The predicted octanol–water partition coefficient (Wildman–Crippen LogP) is 5.63. The molecule has 3 amide bonds. The third kappa shape index (κ3) is 5.67. The van der Waals surface area contributed by atoms with E-state index in [4.69, 9.17) is 16.3 Å². The largest absolute Gasteiger partial charge is 0.494 e. The van der Waals surface area contributed by atoms with Gasteiger partial charge >= 0.3 is 0 Å².